The predicted molar refractivity (Wildman–Crippen MR) is 72.9 cm³/mol. The molecule has 2 N–H and O–H groups in total. The van der Waals surface area contributed by atoms with Gasteiger partial charge in [-0.15, -0.1) is 0 Å². The van der Waals surface area contributed by atoms with Gasteiger partial charge in [0.25, 0.3) is 0 Å². The van der Waals surface area contributed by atoms with E-state index in [0.717, 1.165) is 38.3 Å². The van der Waals surface area contributed by atoms with Crippen molar-refractivity contribution in [2.45, 2.75) is 19.4 Å². The van der Waals surface area contributed by atoms with Crippen LogP contribution in [0.25, 0.3) is 0 Å². The molecule has 0 radical (unpaired) electrons. The summed E-state index contributed by atoms with van der Waals surface area (Å²) in [6.07, 6.45) is 2.55. The third-order valence-electron chi connectivity index (χ3n) is 4.28. The number of nitrogens with zero attached hydrogens (tertiary/aromatic N) is 1. The Morgan fingerprint density at radius 1 is 1.39 bits per heavy atom. The molecule has 18 heavy (non-hydrogen) atoms. The largest absolute Gasteiger partial charge is 0.508 e. The molecule has 1 aromatic carbocycles. The van der Waals surface area contributed by atoms with Crippen LogP contribution in [0.2, 0.25) is 5.02 Å². The number of hydrogen-bond acceptors (Lipinski definition) is 3. The van der Waals surface area contributed by atoms with Gasteiger partial charge in [0, 0.05) is 30.2 Å². The normalized spacial score (nSPS) is 28.3. The fraction of sp³-hybridized carbons (Fsp3) is 0.571. The smallest absolute Gasteiger partial charge is 0.120 e. The van der Waals surface area contributed by atoms with E-state index >= 15 is 0 Å². The molecule has 1 spiro atoms. The van der Waals surface area contributed by atoms with Gasteiger partial charge < -0.3 is 10.4 Å². The number of phenols is 1. The summed E-state index contributed by atoms with van der Waals surface area (Å²) in [6.45, 7) is 5.34. The predicted octanol–water partition coefficient (Wildman–Crippen LogP) is 2.23. The van der Waals surface area contributed by atoms with Gasteiger partial charge in [-0.2, -0.15) is 0 Å². The first-order valence-electron chi connectivity index (χ1n) is 6.57. The fourth-order valence-electron chi connectivity index (χ4n) is 3.23. The average Bonchev–Trinajstić information content (AvgIpc) is 2.95. The molecule has 2 saturated heterocycles. The highest BCUT2D eigenvalue weighted by Gasteiger charge is 2.40. The topological polar surface area (TPSA) is 35.5 Å². The molecule has 0 aromatic heterocycles. The van der Waals surface area contributed by atoms with Crippen molar-refractivity contribution < 1.29 is 5.11 Å². The van der Waals surface area contributed by atoms with E-state index in [0.29, 0.717) is 16.2 Å². The molecule has 0 amide bonds. The molecule has 0 saturated carbocycles. The SMILES string of the molecule is Oc1ccc(Cl)cc1CN1CCC2(CCNC2)C1. The number of phenolic OH excluding ortho intramolecular Hbond substituents is 1. The lowest BCUT2D eigenvalue weighted by Gasteiger charge is -2.23. The average molecular weight is 267 g/mol. The van der Waals surface area contributed by atoms with Gasteiger partial charge >= 0.3 is 0 Å². The Labute approximate surface area is 113 Å². The van der Waals surface area contributed by atoms with E-state index in [1.807, 2.05) is 6.07 Å². The van der Waals surface area contributed by atoms with Crippen LogP contribution in [0, 0.1) is 5.41 Å². The number of halogens is 1. The van der Waals surface area contributed by atoms with Crippen LogP contribution in [0.4, 0.5) is 0 Å². The number of benzene rings is 1. The van der Waals surface area contributed by atoms with Crippen molar-refractivity contribution in [2.24, 2.45) is 5.41 Å². The number of rotatable bonds is 2. The molecule has 2 aliphatic heterocycles. The minimum absolute atomic E-state index is 0.352. The van der Waals surface area contributed by atoms with Crippen LogP contribution in [-0.4, -0.2) is 36.2 Å². The maximum atomic E-state index is 9.85. The number of likely N-dealkylation sites (tertiary alicyclic amines) is 1. The second-order valence-corrected chi connectivity index (χ2v) is 6.10. The molecule has 4 heteroatoms. The van der Waals surface area contributed by atoms with Gasteiger partial charge in [0.1, 0.15) is 5.75 Å². The Bertz CT molecular complexity index is 443. The summed E-state index contributed by atoms with van der Waals surface area (Å²) in [6, 6.07) is 5.28. The fourth-order valence-corrected chi connectivity index (χ4v) is 3.42. The second-order valence-electron chi connectivity index (χ2n) is 5.66. The van der Waals surface area contributed by atoms with Crippen LogP contribution < -0.4 is 5.32 Å². The summed E-state index contributed by atoms with van der Waals surface area (Å²) in [5.41, 5.74) is 1.42. The standard InChI is InChI=1S/C14H19ClN2O/c15-12-1-2-13(18)11(7-12)8-17-6-4-14(10-17)3-5-16-9-14/h1-2,7,16,18H,3-6,8-10H2. The van der Waals surface area contributed by atoms with Crippen molar-refractivity contribution in [1.29, 1.82) is 0 Å². The van der Waals surface area contributed by atoms with Crippen molar-refractivity contribution in [2.75, 3.05) is 26.2 Å². The second kappa shape index (κ2) is 4.72. The Morgan fingerprint density at radius 2 is 2.28 bits per heavy atom. The highest BCUT2D eigenvalue weighted by molar-refractivity contribution is 6.30. The van der Waals surface area contributed by atoms with Gasteiger partial charge in [0.2, 0.25) is 0 Å². The van der Waals surface area contributed by atoms with Gasteiger partial charge in [-0.1, -0.05) is 11.6 Å². The molecule has 3 nitrogen and oxygen atoms in total. The highest BCUT2D eigenvalue weighted by Crippen LogP contribution is 2.37. The van der Waals surface area contributed by atoms with E-state index in [2.05, 4.69) is 10.2 Å². The summed E-state index contributed by atoms with van der Waals surface area (Å²) < 4.78 is 0. The van der Waals surface area contributed by atoms with Crippen molar-refractivity contribution in [3.05, 3.63) is 28.8 Å². The molecule has 98 valence electrons. The zero-order valence-corrected chi connectivity index (χ0v) is 11.2. The number of nitrogens with one attached hydrogen (secondary N) is 1. The van der Waals surface area contributed by atoms with E-state index in [9.17, 15) is 5.11 Å². The molecule has 2 heterocycles. The quantitative estimate of drug-likeness (QED) is 0.862. The third-order valence-corrected chi connectivity index (χ3v) is 4.52. The summed E-state index contributed by atoms with van der Waals surface area (Å²) in [7, 11) is 0. The summed E-state index contributed by atoms with van der Waals surface area (Å²) in [5.74, 6) is 0.352. The molecule has 1 unspecified atom stereocenters. The van der Waals surface area contributed by atoms with Gasteiger partial charge in [-0.05, 0) is 49.5 Å². The Kier molecular flexibility index (Phi) is 3.22. The third kappa shape index (κ3) is 2.35. The van der Waals surface area contributed by atoms with Crippen LogP contribution >= 0.6 is 11.6 Å². The van der Waals surface area contributed by atoms with E-state index in [4.69, 9.17) is 11.6 Å². The first-order chi connectivity index (χ1) is 8.67. The Morgan fingerprint density at radius 3 is 3.06 bits per heavy atom. The van der Waals surface area contributed by atoms with Crippen molar-refractivity contribution >= 4 is 11.6 Å². The molecule has 1 aromatic rings. The van der Waals surface area contributed by atoms with Crippen molar-refractivity contribution in [3.63, 3.8) is 0 Å². The zero-order chi connectivity index (χ0) is 12.6. The molecular formula is C14H19ClN2O. The van der Waals surface area contributed by atoms with Crippen molar-refractivity contribution in [1.82, 2.24) is 10.2 Å². The first kappa shape index (κ1) is 12.3. The Hall–Kier alpha value is -0.770. The molecule has 1 atom stereocenters. The van der Waals surface area contributed by atoms with Crippen LogP contribution in [-0.2, 0) is 6.54 Å². The molecular weight excluding hydrogens is 248 g/mol. The summed E-state index contributed by atoms with van der Waals surface area (Å²) >= 11 is 5.98. The van der Waals surface area contributed by atoms with E-state index in [1.165, 1.54) is 12.8 Å². The molecule has 0 bridgehead atoms. The minimum Gasteiger partial charge on any atom is -0.508 e. The minimum atomic E-state index is 0.352. The molecule has 0 aliphatic carbocycles. The van der Waals surface area contributed by atoms with Gasteiger partial charge in [0.15, 0.2) is 0 Å². The Balaban J connectivity index is 1.69. The van der Waals surface area contributed by atoms with Crippen LogP contribution in [0.1, 0.15) is 18.4 Å². The maximum absolute atomic E-state index is 9.85. The monoisotopic (exact) mass is 266 g/mol. The first-order valence-corrected chi connectivity index (χ1v) is 6.95. The molecule has 2 fully saturated rings. The van der Waals surface area contributed by atoms with Crippen molar-refractivity contribution in [3.8, 4) is 5.75 Å². The lowest BCUT2D eigenvalue weighted by atomic mass is 9.86. The van der Waals surface area contributed by atoms with Crippen LogP contribution in [0.15, 0.2) is 18.2 Å². The number of aromatic hydroxyl groups is 1. The van der Waals surface area contributed by atoms with E-state index in [1.54, 1.807) is 12.1 Å². The van der Waals surface area contributed by atoms with Crippen LogP contribution in [0.3, 0.4) is 0 Å². The highest BCUT2D eigenvalue weighted by atomic mass is 35.5. The van der Waals surface area contributed by atoms with Gasteiger partial charge in [-0.25, -0.2) is 0 Å². The van der Waals surface area contributed by atoms with Crippen LogP contribution in [0.5, 0.6) is 5.75 Å². The lowest BCUT2D eigenvalue weighted by molar-refractivity contribution is 0.266. The molecule has 2 aliphatic rings. The maximum Gasteiger partial charge on any atom is 0.120 e. The van der Waals surface area contributed by atoms with Gasteiger partial charge in [0.05, 0.1) is 0 Å². The van der Waals surface area contributed by atoms with E-state index in [-0.39, 0.29) is 0 Å². The zero-order valence-electron chi connectivity index (χ0n) is 10.5. The van der Waals surface area contributed by atoms with Gasteiger partial charge in [-0.3, -0.25) is 4.90 Å². The molecule has 3 rings (SSSR count). The lowest BCUT2D eigenvalue weighted by Crippen LogP contribution is -2.28. The summed E-state index contributed by atoms with van der Waals surface area (Å²) in [4.78, 5) is 2.43. The number of hydrogen-bond donors (Lipinski definition) is 2. The summed E-state index contributed by atoms with van der Waals surface area (Å²) in [5, 5.41) is 14.0. The van der Waals surface area contributed by atoms with E-state index < -0.39 is 0 Å².